The zero-order valence-corrected chi connectivity index (χ0v) is 11.6. The van der Waals surface area contributed by atoms with E-state index in [9.17, 15) is 4.79 Å². The Kier molecular flexibility index (Phi) is 4.76. The Morgan fingerprint density at radius 3 is 3.00 bits per heavy atom. The van der Waals surface area contributed by atoms with Crippen LogP contribution in [0.3, 0.4) is 0 Å². The van der Waals surface area contributed by atoms with Gasteiger partial charge in [0.25, 0.3) is 5.91 Å². The van der Waals surface area contributed by atoms with Gasteiger partial charge in [-0.1, -0.05) is 30.1 Å². The lowest BCUT2D eigenvalue weighted by atomic mass is 10.2. The molecule has 0 aromatic carbocycles. The molecule has 0 unspecified atom stereocenters. The molecular formula is C13H12N4O2S. The van der Waals surface area contributed by atoms with Gasteiger partial charge in [-0.25, -0.2) is 0 Å². The van der Waals surface area contributed by atoms with Crippen LogP contribution in [0.1, 0.15) is 27.9 Å². The topological polar surface area (TPSA) is 88.0 Å². The summed E-state index contributed by atoms with van der Waals surface area (Å²) in [5.41, 5.74) is 0.946. The van der Waals surface area contributed by atoms with Gasteiger partial charge >= 0.3 is 0 Å². The minimum atomic E-state index is -0.316. The van der Waals surface area contributed by atoms with Crippen LogP contribution in [0.2, 0.25) is 0 Å². The maximum Gasteiger partial charge on any atom is 0.259 e. The predicted octanol–water partition coefficient (Wildman–Crippen LogP) is 1.09. The summed E-state index contributed by atoms with van der Waals surface area (Å²) < 4.78 is 0. The normalized spacial score (nSPS) is 9.70. The number of rotatable bonds is 3. The van der Waals surface area contributed by atoms with Gasteiger partial charge in [-0.3, -0.25) is 15.1 Å². The lowest BCUT2D eigenvalue weighted by Crippen LogP contribution is -2.12. The number of hydrogen-bond donors (Lipinski definition) is 2. The number of carbonyl (C=O) groups excluding carboxylic acids is 1. The molecule has 0 saturated heterocycles. The second-order valence-electron chi connectivity index (χ2n) is 3.73. The molecule has 7 heteroatoms. The summed E-state index contributed by atoms with van der Waals surface area (Å²) >= 11 is 1.34. The number of pyridine rings is 1. The van der Waals surface area contributed by atoms with Crippen LogP contribution in [0.5, 0.6) is 0 Å². The fourth-order valence-corrected chi connectivity index (χ4v) is 2.06. The van der Waals surface area contributed by atoms with Crippen molar-refractivity contribution in [1.82, 2.24) is 15.2 Å². The highest BCUT2D eigenvalue weighted by Crippen LogP contribution is 2.16. The molecule has 0 fully saturated rings. The number of carbonyl (C=O) groups is 1. The van der Waals surface area contributed by atoms with E-state index in [1.54, 1.807) is 6.07 Å². The van der Waals surface area contributed by atoms with Gasteiger partial charge in [0.1, 0.15) is 11.6 Å². The summed E-state index contributed by atoms with van der Waals surface area (Å²) in [7, 11) is 0. The van der Waals surface area contributed by atoms with Crippen molar-refractivity contribution in [3.8, 4) is 11.8 Å². The molecule has 6 nitrogen and oxygen atoms in total. The molecule has 20 heavy (non-hydrogen) atoms. The number of aromatic nitrogens is 3. The average Bonchev–Trinajstić information content (AvgIpc) is 2.93. The first-order chi connectivity index (χ1) is 9.72. The van der Waals surface area contributed by atoms with Gasteiger partial charge in [-0.15, -0.1) is 10.2 Å². The fourth-order valence-electron chi connectivity index (χ4n) is 1.39. The van der Waals surface area contributed by atoms with E-state index in [4.69, 9.17) is 5.11 Å². The molecule has 0 spiro atoms. The summed E-state index contributed by atoms with van der Waals surface area (Å²) in [6.45, 7) is 1.74. The molecule has 2 heterocycles. The number of aryl methyl sites for hydroxylation is 1. The Morgan fingerprint density at radius 2 is 2.30 bits per heavy atom. The number of amides is 1. The van der Waals surface area contributed by atoms with Crippen molar-refractivity contribution in [2.45, 2.75) is 13.3 Å². The fraction of sp³-hybridized carbons (Fsp3) is 0.231. The van der Waals surface area contributed by atoms with Crippen molar-refractivity contribution in [2.24, 2.45) is 0 Å². The van der Waals surface area contributed by atoms with E-state index in [-0.39, 0.29) is 12.5 Å². The first-order valence-corrected chi connectivity index (χ1v) is 6.73. The van der Waals surface area contributed by atoms with Crippen LogP contribution in [0, 0.1) is 11.8 Å². The highest BCUT2D eigenvalue weighted by molar-refractivity contribution is 7.15. The Balaban J connectivity index is 2.12. The predicted molar refractivity (Wildman–Crippen MR) is 75.4 cm³/mol. The molecule has 0 aliphatic heterocycles. The molecule has 2 N–H and O–H groups in total. The number of nitrogens with zero attached hydrogens (tertiary/aromatic N) is 3. The number of hydrogen-bond acceptors (Lipinski definition) is 6. The molecule has 102 valence electrons. The van der Waals surface area contributed by atoms with Gasteiger partial charge in [0.05, 0.1) is 5.56 Å². The first-order valence-electron chi connectivity index (χ1n) is 5.91. The van der Waals surface area contributed by atoms with Crippen molar-refractivity contribution >= 4 is 22.4 Å². The quantitative estimate of drug-likeness (QED) is 0.825. The van der Waals surface area contributed by atoms with Crippen molar-refractivity contribution < 1.29 is 9.90 Å². The third-order valence-electron chi connectivity index (χ3n) is 2.30. The smallest absolute Gasteiger partial charge is 0.259 e. The largest absolute Gasteiger partial charge is 0.384 e. The van der Waals surface area contributed by atoms with Crippen molar-refractivity contribution in [3.05, 3.63) is 34.6 Å². The van der Waals surface area contributed by atoms with Gasteiger partial charge in [-0.05, 0) is 12.5 Å². The standard InChI is InChI=1S/C13H12N4O2S/c1-2-11-16-17-13(20-11)15-12(19)10-6-9(4-3-5-18)7-14-8-10/h6-8,18H,2,5H2,1H3,(H,15,17,19). The van der Waals surface area contributed by atoms with E-state index in [0.29, 0.717) is 16.3 Å². The molecule has 0 aliphatic carbocycles. The molecule has 0 radical (unpaired) electrons. The van der Waals surface area contributed by atoms with Crippen LogP contribution in [0.15, 0.2) is 18.5 Å². The van der Waals surface area contributed by atoms with Crippen LogP contribution in [-0.4, -0.2) is 32.8 Å². The molecule has 0 saturated carbocycles. The van der Waals surface area contributed by atoms with Crippen LogP contribution in [0.25, 0.3) is 0 Å². The third-order valence-corrected chi connectivity index (χ3v) is 3.28. The number of aliphatic hydroxyl groups excluding tert-OH is 1. The zero-order valence-electron chi connectivity index (χ0n) is 10.8. The van der Waals surface area contributed by atoms with E-state index < -0.39 is 0 Å². The maximum atomic E-state index is 12.0. The maximum absolute atomic E-state index is 12.0. The molecule has 1 amide bonds. The van der Waals surface area contributed by atoms with Crippen molar-refractivity contribution in [3.63, 3.8) is 0 Å². The van der Waals surface area contributed by atoms with Crippen LogP contribution >= 0.6 is 11.3 Å². The number of nitrogens with one attached hydrogen (secondary N) is 1. The van der Waals surface area contributed by atoms with Crippen molar-refractivity contribution in [1.29, 1.82) is 0 Å². The van der Waals surface area contributed by atoms with E-state index in [2.05, 4.69) is 32.3 Å². The molecule has 0 bridgehead atoms. The van der Waals surface area contributed by atoms with Gasteiger partial charge in [-0.2, -0.15) is 0 Å². The second-order valence-corrected chi connectivity index (χ2v) is 4.79. The minimum Gasteiger partial charge on any atom is -0.384 e. The van der Waals surface area contributed by atoms with Gasteiger partial charge < -0.3 is 5.11 Å². The van der Waals surface area contributed by atoms with Crippen LogP contribution < -0.4 is 5.32 Å². The van der Waals surface area contributed by atoms with Gasteiger partial charge in [0, 0.05) is 18.0 Å². The molecule has 2 rings (SSSR count). The Morgan fingerprint density at radius 1 is 1.45 bits per heavy atom. The zero-order chi connectivity index (χ0) is 14.4. The van der Waals surface area contributed by atoms with E-state index in [0.717, 1.165) is 11.4 Å². The minimum absolute atomic E-state index is 0.235. The Bertz CT molecular complexity index is 672. The summed E-state index contributed by atoms with van der Waals surface area (Å²) in [5.74, 6) is 4.89. The monoisotopic (exact) mass is 288 g/mol. The molecule has 2 aromatic rings. The highest BCUT2D eigenvalue weighted by atomic mass is 32.1. The number of aliphatic hydroxyl groups is 1. The third kappa shape index (κ3) is 3.60. The summed E-state index contributed by atoms with van der Waals surface area (Å²) in [5, 5.41) is 20.4. The number of anilines is 1. The summed E-state index contributed by atoms with van der Waals surface area (Å²) in [6.07, 6.45) is 3.75. The first kappa shape index (κ1) is 14.1. The lowest BCUT2D eigenvalue weighted by molar-refractivity contribution is 0.102. The van der Waals surface area contributed by atoms with E-state index in [1.807, 2.05) is 6.92 Å². The summed E-state index contributed by atoms with van der Waals surface area (Å²) in [6, 6.07) is 1.60. The van der Waals surface area contributed by atoms with Crippen LogP contribution in [0.4, 0.5) is 5.13 Å². The van der Waals surface area contributed by atoms with Crippen molar-refractivity contribution in [2.75, 3.05) is 11.9 Å². The molecule has 2 aromatic heterocycles. The summed E-state index contributed by atoms with van der Waals surface area (Å²) in [4.78, 5) is 16.0. The Hall–Kier alpha value is -2.30. The van der Waals surface area contributed by atoms with E-state index in [1.165, 1.54) is 23.7 Å². The highest BCUT2D eigenvalue weighted by Gasteiger charge is 2.10. The van der Waals surface area contributed by atoms with Gasteiger partial charge in [0.15, 0.2) is 0 Å². The average molecular weight is 288 g/mol. The SMILES string of the molecule is CCc1nnc(NC(=O)c2cncc(C#CCO)c2)s1. The van der Waals surface area contributed by atoms with Crippen LogP contribution in [-0.2, 0) is 6.42 Å². The Labute approximate surface area is 119 Å². The van der Waals surface area contributed by atoms with E-state index >= 15 is 0 Å². The molecule has 0 atom stereocenters. The molecular weight excluding hydrogens is 276 g/mol. The molecule has 0 aliphatic rings. The lowest BCUT2D eigenvalue weighted by Gasteiger charge is -2.00. The second kappa shape index (κ2) is 6.75. The van der Waals surface area contributed by atoms with Gasteiger partial charge in [0.2, 0.25) is 5.13 Å².